The van der Waals surface area contributed by atoms with Gasteiger partial charge in [0.15, 0.2) is 5.82 Å². The van der Waals surface area contributed by atoms with Crippen LogP contribution in [0.25, 0.3) is 5.52 Å². The SMILES string of the molecule is Fc1ccc(CNc2nccn3nccc23)cc1Cl. The van der Waals surface area contributed by atoms with Crippen molar-refractivity contribution in [3.8, 4) is 0 Å². The van der Waals surface area contributed by atoms with Crippen molar-refractivity contribution in [2.45, 2.75) is 6.54 Å². The highest BCUT2D eigenvalue weighted by Gasteiger charge is 2.04. The van der Waals surface area contributed by atoms with Crippen LogP contribution < -0.4 is 5.32 Å². The maximum Gasteiger partial charge on any atom is 0.152 e. The molecule has 3 aromatic rings. The zero-order valence-electron chi connectivity index (χ0n) is 9.85. The summed E-state index contributed by atoms with van der Waals surface area (Å²) in [4.78, 5) is 4.26. The Bertz CT molecular complexity index is 725. The first kappa shape index (κ1) is 11.9. The summed E-state index contributed by atoms with van der Waals surface area (Å²) in [7, 11) is 0. The third-order valence-corrected chi connectivity index (χ3v) is 3.06. The van der Waals surface area contributed by atoms with Gasteiger partial charge in [-0.15, -0.1) is 0 Å². The van der Waals surface area contributed by atoms with Gasteiger partial charge in [0.2, 0.25) is 0 Å². The molecular weight excluding hydrogens is 267 g/mol. The fourth-order valence-corrected chi connectivity index (χ4v) is 2.03. The fraction of sp³-hybridized carbons (Fsp3) is 0.0769. The average molecular weight is 277 g/mol. The van der Waals surface area contributed by atoms with Crippen LogP contribution in [0.1, 0.15) is 5.56 Å². The van der Waals surface area contributed by atoms with Gasteiger partial charge in [0, 0.05) is 18.9 Å². The molecule has 0 spiro atoms. The highest BCUT2D eigenvalue weighted by molar-refractivity contribution is 6.30. The van der Waals surface area contributed by atoms with E-state index in [9.17, 15) is 4.39 Å². The van der Waals surface area contributed by atoms with E-state index in [1.165, 1.54) is 6.07 Å². The molecule has 2 aromatic heterocycles. The minimum atomic E-state index is -0.415. The number of hydrogen-bond acceptors (Lipinski definition) is 3. The molecule has 2 heterocycles. The van der Waals surface area contributed by atoms with Gasteiger partial charge in [-0.25, -0.2) is 13.9 Å². The summed E-state index contributed by atoms with van der Waals surface area (Å²) in [6.07, 6.45) is 5.15. The monoisotopic (exact) mass is 276 g/mol. The molecule has 4 nitrogen and oxygen atoms in total. The molecule has 0 aliphatic carbocycles. The van der Waals surface area contributed by atoms with Gasteiger partial charge in [-0.05, 0) is 23.8 Å². The Hall–Kier alpha value is -2.14. The Kier molecular flexibility index (Phi) is 3.05. The van der Waals surface area contributed by atoms with Crippen molar-refractivity contribution >= 4 is 22.9 Å². The van der Waals surface area contributed by atoms with Crippen LogP contribution in [0.15, 0.2) is 42.9 Å². The number of nitrogens with zero attached hydrogens (tertiary/aromatic N) is 3. The van der Waals surface area contributed by atoms with Gasteiger partial charge in [-0.2, -0.15) is 5.10 Å². The van der Waals surface area contributed by atoms with Gasteiger partial charge < -0.3 is 5.32 Å². The zero-order chi connectivity index (χ0) is 13.2. The van der Waals surface area contributed by atoms with Gasteiger partial charge in [0.1, 0.15) is 11.3 Å². The van der Waals surface area contributed by atoms with Crippen molar-refractivity contribution in [2.24, 2.45) is 0 Å². The third kappa shape index (κ3) is 2.37. The molecule has 0 atom stereocenters. The lowest BCUT2D eigenvalue weighted by Gasteiger charge is -2.07. The molecule has 6 heteroatoms. The first-order chi connectivity index (χ1) is 9.24. The molecule has 0 aliphatic heterocycles. The van der Waals surface area contributed by atoms with Gasteiger partial charge >= 0.3 is 0 Å². The maximum absolute atomic E-state index is 13.1. The van der Waals surface area contributed by atoms with Crippen LogP contribution in [0.3, 0.4) is 0 Å². The first-order valence-corrected chi connectivity index (χ1v) is 6.08. The Balaban J connectivity index is 1.82. The molecule has 1 aromatic carbocycles. The second kappa shape index (κ2) is 4.85. The second-order valence-electron chi connectivity index (χ2n) is 4.04. The van der Waals surface area contributed by atoms with Crippen LogP contribution in [-0.2, 0) is 6.54 Å². The number of anilines is 1. The molecule has 0 bridgehead atoms. The molecule has 1 N–H and O–H groups in total. The molecule has 3 rings (SSSR count). The quantitative estimate of drug-likeness (QED) is 0.799. The highest BCUT2D eigenvalue weighted by Crippen LogP contribution is 2.18. The summed E-state index contributed by atoms with van der Waals surface area (Å²) < 4.78 is 14.8. The highest BCUT2D eigenvalue weighted by atomic mass is 35.5. The predicted octanol–water partition coefficient (Wildman–Crippen LogP) is 3.13. The number of benzene rings is 1. The van der Waals surface area contributed by atoms with Crippen molar-refractivity contribution in [1.29, 1.82) is 0 Å². The van der Waals surface area contributed by atoms with Crippen LogP contribution >= 0.6 is 11.6 Å². The van der Waals surface area contributed by atoms with Crippen LogP contribution in [0.2, 0.25) is 5.02 Å². The van der Waals surface area contributed by atoms with E-state index in [2.05, 4.69) is 15.4 Å². The number of halogens is 2. The van der Waals surface area contributed by atoms with E-state index in [0.717, 1.165) is 16.9 Å². The van der Waals surface area contributed by atoms with Crippen LogP contribution in [0.5, 0.6) is 0 Å². The average Bonchev–Trinajstić information content (AvgIpc) is 2.89. The second-order valence-corrected chi connectivity index (χ2v) is 4.45. The van der Waals surface area contributed by atoms with E-state index in [4.69, 9.17) is 11.6 Å². The zero-order valence-corrected chi connectivity index (χ0v) is 10.6. The van der Waals surface area contributed by atoms with E-state index in [1.807, 2.05) is 6.07 Å². The van der Waals surface area contributed by atoms with Crippen molar-refractivity contribution in [3.05, 3.63) is 59.3 Å². The van der Waals surface area contributed by atoms with Gasteiger partial charge in [0.05, 0.1) is 11.2 Å². The number of aromatic nitrogens is 3. The van der Waals surface area contributed by atoms with E-state index in [-0.39, 0.29) is 5.02 Å². The molecule has 0 unspecified atom stereocenters. The smallest absolute Gasteiger partial charge is 0.152 e. The summed E-state index contributed by atoms with van der Waals surface area (Å²) in [5, 5.41) is 7.43. The van der Waals surface area contributed by atoms with Crippen LogP contribution in [0.4, 0.5) is 10.2 Å². The van der Waals surface area contributed by atoms with Crippen molar-refractivity contribution in [1.82, 2.24) is 14.6 Å². The summed E-state index contributed by atoms with van der Waals surface area (Å²) in [6.45, 7) is 0.512. The normalized spacial score (nSPS) is 10.8. The van der Waals surface area contributed by atoms with E-state index >= 15 is 0 Å². The lowest BCUT2D eigenvalue weighted by atomic mass is 10.2. The number of hydrogen-bond donors (Lipinski definition) is 1. The van der Waals surface area contributed by atoms with Gasteiger partial charge in [0.25, 0.3) is 0 Å². The minimum absolute atomic E-state index is 0.120. The fourth-order valence-electron chi connectivity index (χ4n) is 1.83. The van der Waals surface area contributed by atoms with Crippen molar-refractivity contribution in [2.75, 3.05) is 5.32 Å². The molecule has 0 saturated heterocycles. The topological polar surface area (TPSA) is 42.2 Å². The van der Waals surface area contributed by atoms with Gasteiger partial charge in [-0.1, -0.05) is 17.7 Å². The predicted molar refractivity (Wildman–Crippen MR) is 71.7 cm³/mol. The molecule has 0 fully saturated rings. The third-order valence-electron chi connectivity index (χ3n) is 2.77. The van der Waals surface area contributed by atoms with Crippen molar-refractivity contribution < 1.29 is 4.39 Å². The number of nitrogens with one attached hydrogen (secondary N) is 1. The molecular formula is C13H10ClFN4. The molecule has 0 aliphatic rings. The molecule has 96 valence electrons. The lowest BCUT2D eigenvalue weighted by Crippen LogP contribution is -2.03. The molecule has 0 saturated carbocycles. The Labute approximate surface area is 113 Å². The molecule has 19 heavy (non-hydrogen) atoms. The standard InChI is InChI=1S/C13H10ClFN4/c14-10-7-9(1-2-11(10)15)8-17-13-12-3-4-18-19(12)6-5-16-13/h1-7H,8H2,(H,16,17). The van der Waals surface area contributed by atoms with Crippen LogP contribution in [-0.4, -0.2) is 14.6 Å². The van der Waals surface area contributed by atoms with Gasteiger partial charge in [-0.3, -0.25) is 0 Å². The summed E-state index contributed by atoms with van der Waals surface area (Å²) in [5.74, 6) is 0.307. The van der Waals surface area contributed by atoms with Crippen LogP contribution in [0, 0.1) is 5.82 Å². The molecule has 0 radical (unpaired) electrons. The lowest BCUT2D eigenvalue weighted by molar-refractivity contribution is 0.627. The number of rotatable bonds is 3. The minimum Gasteiger partial charge on any atom is -0.364 e. The maximum atomic E-state index is 13.1. The Morgan fingerprint density at radius 3 is 3.00 bits per heavy atom. The Morgan fingerprint density at radius 2 is 2.16 bits per heavy atom. The van der Waals surface area contributed by atoms with E-state index in [0.29, 0.717) is 6.54 Å². The first-order valence-electron chi connectivity index (χ1n) is 5.70. The molecule has 0 amide bonds. The summed E-state index contributed by atoms with van der Waals surface area (Å²) in [5.41, 5.74) is 1.77. The van der Waals surface area contributed by atoms with Crippen molar-refractivity contribution in [3.63, 3.8) is 0 Å². The van der Waals surface area contributed by atoms with E-state index in [1.54, 1.807) is 35.2 Å². The van der Waals surface area contributed by atoms with E-state index < -0.39 is 5.82 Å². The largest absolute Gasteiger partial charge is 0.364 e. The summed E-state index contributed by atoms with van der Waals surface area (Å²) in [6, 6.07) is 6.50. The summed E-state index contributed by atoms with van der Waals surface area (Å²) >= 11 is 5.74. The number of fused-ring (bicyclic) bond motifs is 1. The Morgan fingerprint density at radius 1 is 1.26 bits per heavy atom.